The summed E-state index contributed by atoms with van der Waals surface area (Å²) < 4.78 is 11.3. The lowest BCUT2D eigenvalue weighted by Gasteiger charge is -2.37. The second kappa shape index (κ2) is 10.5. The zero-order valence-corrected chi connectivity index (χ0v) is 21.1. The molecule has 0 bridgehead atoms. The van der Waals surface area contributed by atoms with Crippen LogP contribution in [0, 0.1) is 23.2 Å². The number of benzene rings is 2. The third-order valence-corrected chi connectivity index (χ3v) is 8.30. The van der Waals surface area contributed by atoms with Gasteiger partial charge < -0.3 is 9.47 Å². The van der Waals surface area contributed by atoms with E-state index in [4.69, 9.17) is 9.47 Å². The molecule has 0 amide bonds. The summed E-state index contributed by atoms with van der Waals surface area (Å²) in [4.78, 5) is 11.7. The molecule has 180 valence electrons. The van der Waals surface area contributed by atoms with Gasteiger partial charge in [0.1, 0.15) is 5.75 Å². The highest BCUT2D eigenvalue weighted by molar-refractivity contribution is 5.84. The number of methoxy groups -OCH3 is 1. The van der Waals surface area contributed by atoms with Crippen molar-refractivity contribution in [2.75, 3.05) is 7.11 Å². The largest absolute Gasteiger partial charge is 0.490 e. The van der Waals surface area contributed by atoms with E-state index >= 15 is 0 Å². The average molecular weight is 451 g/mol. The molecule has 3 heteroatoms. The van der Waals surface area contributed by atoms with E-state index in [9.17, 15) is 4.79 Å². The Balaban J connectivity index is 1.28. The predicted molar refractivity (Wildman–Crippen MR) is 136 cm³/mol. The average Bonchev–Trinajstić information content (AvgIpc) is 2.82. The number of esters is 1. The summed E-state index contributed by atoms with van der Waals surface area (Å²) in [5.41, 5.74) is 1.82. The zero-order valence-electron chi connectivity index (χ0n) is 21.1. The highest BCUT2D eigenvalue weighted by atomic mass is 16.5. The van der Waals surface area contributed by atoms with Gasteiger partial charge in [-0.05, 0) is 110 Å². The summed E-state index contributed by atoms with van der Waals surface area (Å²) in [7, 11) is 1.50. The summed E-state index contributed by atoms with van der Waals surface area (Å²) in [5.74, 6) is 2.65. The normalized spacial score (nSPS) is 26.2. The van der Waals surface area contributed by atoms with E-state index in [1.54, 1.807) is 0 Å². The first-order valence-corrected chi connectivity index (χ1v) is 13.1. The summed E-state index contributed by atoms with van der Waals surface area (Å²) >= 11 is 0. The van der Waals surface area contributed by atoms with Crippen molar-refractivity contribution in [1.29, 1.82) is 0 Å². The van der Waals surface area contributed by atoms with Crippen molar-refractivity contribution >= 4 is 16.7 Å². The van der Waals surface area contributed by atoms with Crippen molar-refractivity contribution in [1.82, 2.24) is 0 Å². The third-order valence-electron chi connectivity index (χ3n) is 8.30. The third kappa shape index (κ3) is 6.31. The van der Waals surface area contributed by atoms with Crippen LogP contribution in [0.4, 0.5) is 0 Å². The summed E-state index contributed by atoms with van der Waals surface area (Å²) in [6.07, 6.45) is 11.8. The van der Waals surface area contributed by atoms with Crippen LogP contribution in [0.15, 0.2) is 36.4 Å². The number of aryl methyl sites for hydroxylation is 1. The number of rotatable bonds is 6. The Morgan fingerprint density at radius 1 is 0.879 bits per heavy atom. The van der Waals surface area contributed by atoms with Gasteiger partial charge in [-0.1, -0.05) is 45.0 Å². The number of hydrogen-bond donors (Lipinski definition) is 0. The second-order valence-electron chi connectivity index (χ2n) is 11.6. The van der Waals surface area contributed by atoms with Gasteiger partial charge in [0.2, 0.25) is 0 Å². The van der Waals surface area contributed by atoms with Crippen LogP contribution < -0.4 is 4.74 Å². The first kappa shape index (κ1) is 24.1. The first-order valence-electron chi connectivity index (χ1n) is 13.1. The molecule has 0 saturated heterocycles. The highest BCUT2D eigenvalue weighted by Gasteiger charge is 2.30. The predicted octanol–water partition coefficient (Wildman–Crippen LogP) is 7.74. The minimum absolute atomic E-state index is 0.0242. The second-order valence-corrected chi connectivity index (χ2v) is 11.6. The Hall–Kier alpha value is -2.03. The molecule has 0 aromatic heterocycles. The van der Waals surface area contributed by atoms with Crippen molar-refractivity contribution in [3.63, 3.8) is 0 Å². The quantitative estimate of drug-likeness (QED) is 0.422. The van der Waals surface area contributed by atoms with E-state index in [2.05, 4.69) is 57.2 Å². The molecule has 2 aromatic carbocycles. The van der Waals surface area contributed by atoms with Gasteiger partial charge in [-0.15, -0.1) is 0 Å². The number of carbonyl (C=O) groups excluding carboxylic acids is 1. The van der Waals surface area contributed by atoms with Crippen molar-refractivity contribution in [2.45, 2.75) is 91.1 Å². The van der Waals surface area contributed by atoms with Gasteiger partial charge in [0, 0.05) is 0 Å². The van der Waals surface area contributed by atoms with E-state index in [0.29, 0.717) is 11.5 Å². The Kier molecular flexibility index (Phi) is 7.66. The van der Waals surface area contributed by atoms with Crippen LogP contribution >= 0.6 is 0 Å². The van der Waals surface area contributed by atoms with Crippen molar-refractivity contribution in [3.8, 4) is 5.75 Å². The Labute approximate surface area is 200 Å². The zero-order chi connectivity index (χ0) is 23.4. The van der Waals surface area contributed by atoms with E-state index in [1.807, 2.05) is 0 Å². The molecule has 2 aliphatic carbocycles. The Bertz CT molecular complexity index is 925. The van der Waals surface area contributed by atoms with Gasteiger partial charge in [-0.25, -0.2) is 0 Å². The Morgan fingerprint density at radius 3 is 2.21 bits per heavy atom. The minimum Gasteiger partial charge on any atom is -0.490 e. The van der Waals surface area contributed by atoms with E-state index in [-0.39, 0.29) is 11.9 Å². The monoisotopic (exact) mass is 450 g/mol. The van der Waals surface area contributed by atoms with Gasteiger partial charge in [0.25, 0.3) is 0 Å². The molecule has 3 nitrogen and oxygen atoms in total. The highest BCUT2D eigenvalue weighted by Crippen LogP contribution is 2.39. The fraction of sp³-hybridized carbons (Fsp3) is 0.633. The molecule has 2 aliphatic rings. The lowest BCUT2D eigenvalue weighted by atomic mass is 9.72. The molecule has 0 spiro atoms. The fourth-order valence-electron chi connectivity index (χ4n) is 5.97. The van der Waals surface area contributed by atoms with Crippen LogP contribution in [0.1, 0.15) is 84.1 Å². The first-order chi connectivity index (χ1) is 15.8. The SMILES string of the molecule is COC(=O)C1CCC(CCc2ccc3cc(OC4CCC(C(C)(C)C)CC4)ccc3c2)CC1. The van der Waals surface area contributed by atoms with Gasteiger partial charge >= 0.3 is 5.97 Å². The van der Waals surface area contributed by atoms with Crippen molar-refractivity contribution in [3.05, 3.63) is 42.0 Å². The molecule has 0 N–H and O–H groups in total. The summed E-state index contributed by atoms with van der Waals surface area (Å²) in [5, 5.41) is 2.56. The van der Waals surface area contributed by atoms with Gasteiger partial charge in [-0.2, -0.15) is 0 Å². The molecule has 0 aliphatic heterocycles. The van der Waals surface area contributed by atoms with Crippen LogP contribution in [0.3, 0.4) is 0 Å². The maximum absolute atomic E-state index is 11.7. The number of hydrogen-bond acceptors (Lipinski definition) is 3. The van der Waals surface area contributed by atoms with Crippen LogP contribution in [-0.4, -0.2) is 19.2 Å². The molecule has 33 heavy (non-hydrogen) atoms. The molecule has 2 saturated carbocycles. The number of ether oxygens (including phenoxy) is 2. The smallest absolute Gasteiger partial charge is 0.308 e. The molecular weight excluding hydrogens is 408 g/mol. The molecule has 0 radical (unpaired) electrons. The molecule has 2 fully saturated rings. The molecule has 0 unspecified atom stereocenters. The fourth-order valence-corrected chi connectivity index (χ4v) is 5.97. The molecule has 0 atom stereocenters. The minimum atomic E-state index is -0.0242. The topological polar surface area (TPSA) is 35.5 Å². The molecule has 0 heterocycles. The van der Waals surface area contributed by atoms with E-state index in [0.717, 1.165) is 49.7 Å². The van der Waals surface area contributed by atoms with Crippen LogP contribution in [0.2, 0.25) is 0 Å². The molecule has 2 aromatic rings. The number of carbonyl (C=O) groups is 1. The summed E-state index contributed by atoms with van der Waals surface area (Å²) in [6.45, 7) is 7.10. The number of fused-ring (bicyclic) bond motifs is 1. The summed E-state index contributed by atoms with van der Waals surface area (Å²) in [6, 6.07) is 13.5. The lowest BCUT2D eigenvalue weighted by Crippen LogP contribution is -2.30. The maximum atomic E-state index is 11.7. The Morgan fingerprint density at radius 2 is 1.55 bits per heavy atom. The lowest BCUT2D eigenvalue weighted by molar-refractivity contribution is -0.146. The van der Waals surface area contributed by atoms with Crippen molar-refractivity contribution < 1.29 is 14.3 Å². The van der Waals surface area contributed by atoms with E-state index in [1.165, 1.54) is 55.5 Å². The van der Waals surface area contributed by atoms with Gasteiger partial charge in [-0.3, -0.25) is 4.79 Å². The van der Waals surface area contributed by atoms with Gasteiger partial charge in [0.05, 0.1) is 19.1 Å². The molecule has 4 rings (SSSR count). The van der Waals surface area contributed by atoms with Crippen LogP contribution in [0.25, 0.3) is 10.8 Å². The van der Waals surface area contributed by atoms with E-state index < -0.39 is 0 Å². The molecular formula is C30H42O3. The standard InChI is InChI=1S/C30H42O3/c1-30(2,3)26-14-17-27(18-15-26)33-28-16-13-24-19-22(9-12-25(24)20-28)6-5-21-7-10-23(11-8-21)29(31)32-4/h9,12-13,16,19-21,23,26-27H,5-8,10-11,14-15,17-18H2,1-4H3. The van der Waals surface area contributed by atoms with Crippen LogP contribution in [-0.2, 0) is 16.0 Å². The van der Waals surface area contributed by atoms with Gasteiger partial charge in [0.15, 0.2) is 0 Å². The maximum Gasteiger partial charge on any atom is 0.308 e. The van der Waals surface area contributed by atoms with Crippen molar-refractivity contribution in [2.24, 2.45) is 23.2 Å². The van der Waals surface area contributed by atoms with Crippen LogP contribution in [0.5, 0.6) is 5.75 Å².